The van der Waals surface area contributed by atoms with Crippen LogP contribution < -0.4 is 10.9 Å². The van der Waals surface area contributed by atoms with Crippen LogP contribution in [0.2, 0.25) is 0 Å². The number of aromatic nitrogens is 2. The third-order valence-electron chi connectivity index (χ3n) is 4.41. The van der Waals surface area contributed by atoms with E-state index in [9.17, 15) is 14.4 Å². The molecule has 2 aromatic carbocycles. The van der Waals surface area contributed by atoms with Crippen LogP contribution in [0.15, 0.2) is 47.3 Å². The van der Waals surface area contributed by atoms with Crippen LogP contribution in [-0.4, -0.2) is 28.0 Å². The molecule has 0 aliphatic heterocycles. The minimum atomic E-state index is -0.629. The number of carbonyl (C=O) groups is 2. The van der Waals surface area contributed by atoms with E-state index in [0.717, 1.165) is 5.56 Å². The lowest BCUT2D eigenvalue weighted by Gasteiger charge is -2.11. The SMILES string of the molecule is CCn1c(=O)c(C)nc2cc(C(=O)OCC(=O)Nc3ccccc3C)ccc21. The van der Waals surface area contributed by atoms with Crippen molar-refractivity contribution in [3.05, 3.63) is 69.6 Å². The highest BCUT2D eigenvalue weighted by atomic mass is 16.5. The zero-order valence-corrected chi connectivity index (χ0v) is 16.0. The zero-order chi connectivity index (χ0) is 20.3. The number of nitrogens with zero attached hydrogens (tertiary/aromatic N) is 2. The molecular weight excluding hydrogens is 358 g/mol. The van der Waals surface area contributed by atoms with E-state index in [1.54, 1.807) is 35.8 Å². The van der Waals surface area contributed by atoms with Crippen molar-refractivity contribution < 1.29 is 14.3 Å². The van der Waals surface area contributed by atoms with Crippen LogP contribution in [0.5, 0.6) is 0 Å². The van der Waals surface area contributed by atoms with Gasteiger partial charge in [-0.05, 0) is 50.6 Å². The molecule has 0 spiro atoms. The molecule has 144 valence electrons. The topological polar surface area (TPSA) is 90.3 Å². The fraction of sp³-hybridized carbons (Fsp3) is 0.238. The Hall–Kier alpha value is -3.48. The van der Waals surface area contributed by atoms with Crippen LogP contribution in [0.4, 0.5) is 5.69 Å². The molecule has 0 aliphatic rings. The first-order valence-corrected chi connectivity index (χ1v) is 8.94. The summed E-state index contributed by atoms with van der Waals surface area (Å²) in [5.74, 6) is -1.05. The molecule has 1 heterocycles. The highest BCUT2D eigenvalue weighted by molar-refractivity contribution is 5.97. The molecule has 7 heteroatoms. The van der Waals surface area contributed by atoms with Crippen molar-refractivity contribution in [3.8, 4) is 0 Å². The summed E-state index contributed by atoms with van der Waals surface area (Å²) in [6, 6.07) is 12.1. The third-order valence-corrected chi connectivity index (χ3v) is 4.41. The van der Waals surface area contributed by atoms with Gasteiger partial charge in [0.15, 0.2) is 6.61 Å². The van der Waals surface area contributed by atoms with Gasteiger partial charge in [-0.25, -0.2) is 9.78 Å². The van der Waals surface area contributed by atoms with Crippen molar-refractivity contribution in [2.45, 2.75) is 27.3 Å². The maximum absolute atomic E-state index is 12.3. The van der Waals surface area contributed by atoms with Gasteiger partial charge in [0, 0.05) is 12.2 Å². The second-order valence-corrected chi connectivity index (χ2v) is 6.39. The Morgan fingerprint density at radius 2 is 1.89 bits per heavy atom. The summed E-state index contributed by atoms with van der Waals surface area (Å²) in [5, 5.41) is 2.71. The molecule has 28 heavy (non-hydrogen) atoms. The van der Waals surface area contributed by atoms with Crippen LogP contribution in [0, 0.1) is 13.8 Å². The predicted molar refractivity (Wildman–Crippen MR) is 107 cm³/mol. The van der Waals surface area contributed by atoms with Gasteiger partial charge < -0.3 is 14.6 Å². The minimum Gasteiger partial charge on any atom is -0.452 e. The minimum absolute atomic E-state index is 0.154. The molecule has 1 aromatic heterocycles. The van der Waals surface area contributed by atoms with Gasteiger partial charge in [-0.3, -0.25) is 9.59 Å². The summed E-state index contributed by atoms with van der Waals surface area (Å²) in [6.07, 6.45) is 0. The molecule has 0 radical (unpaired) electrons. The number of rotatable bonds is 5. The van der Waals surface area contributed by atoms with E-state index < -0.39 is 18.5 Å². The Kier molecular flexibility index (Phi) is 5.54. The van der Waals surface area contributed by atoms with Gasteiger partial charge in [0.05, 0.1) is 16.6 Å². The summed E-state index contributed by atoms with van der Waals surface area (Å²) in [6.45, 7) is 5.49. The fourth-order valence-corrected chi connectivity index (χ4v) is 2.93. The second-order valence-electron chi connectivity index (χ2n) is 6.39. The average Bonchev–Trinajstić information content (AvgIpc) is 2.68. The van der Waals surface area contributed by atoms with Crippen LogP contribution in [0.25, 0.3) is 11.0 Å². The highest BCUT2D eigenvalue weighted by Crippen LogP contribution is 2.15. The molecular formula is C21H21N3O4. The highest BCUT2D eigenvalue weighted by Gasteiger charge is 2.14. The molecule has 0 aliphatic carbocycles. The first kappa shape index (κ1) is 19.3. The molecule has 0 fully saturated rings. The van der Waals surface area contributed by atoms with E-state index in [4.69, 9.17) is 4.74 Å². The Labute approximate surface area is 162 Å². The lowest BCUT2D eigenvalue weighted by molar-refractivity contribution is -0.119. The Balaban J connectivity index is 1.73. The van der Waals surface area contributed by atoms with Crippen molar-refractivity contribution in [2.75, 3.05) is 11.9 Å². The predicted octanol–water partition coefficient (Wildman–Crippen LogP) is 2.83. The molecule has 1 amide bonds. The van der Waals surface area contributed by atoms with Crippen molar-refractivity contribution in [3.63, 3.8) is 0 Å². The summed E-state index contributed by atoms with van der Waals surface area (Å²) in [7, 11) is 0. The molecule has 3 aromatic rings. The molecule has 0 unspecified atom stereocenters. The summed E-state index contributed by atoms with van der Waals surface area (Å²) >= 11 is 0. The van der Waals surface area contributed by atoms with E-state index in [1.165, 1.54) is 0 Å². The van der Waals surface area contributed by atoms with Gasteiger partial charge in [-0.2, -0.15) is 0 Å². The monoisotopic (exact) mass is 379 g/mol. The standard InChI is InChI=1S/C21H21N3O4/c1-4-24-18-10-9-15(11-17(18)22-14(3)20(24)26)21(27)28-12-19(25)23-16-8-6-5-7-13(16)2/h5-11H,4,12H2,1-3H3,(H,23,25). The number of carbonyl (C=O) groups excluding carboxylic acids is 2. The zero-order valence-electron chi connectivity index (χ0n) is 16.0. The number of benzene rings is 2. The van der Waals surface area contributed by atoms with Crippen LogP contribution in [0.3, 0.4) is 0 Å². The van der Waals surface area contributed by atoms with Gasteiger partial charge in [0.25, 0.3) is 11.5 Å². The maximum atomic E-state index is 12.3. The number of amides is 1. The van der Waals surface area contributed by atoms with E-state index >= 15 is 0 Å². The maximum Gasteiger partial charge on any atom is 0.338 e. The largest absolute Gasteiger partial charge is 0.452 e. The van der Waals surface area contributed by atoms with Crippen molar-refractivity contribution in [2.24, 2.45) is 0 Å². The first-order valence-electron chi connectivity index (χ1n) is 8.94. The number of para-hydroxylation sites is 1. The summed E-state index contributed by atoms with van der Waals surface area (Å²) < 4.78 is 6.71. The van der Waals surface area contributed by atoms with E-state index in [0.29, 0.717) is 29.0 Å². The summed E-state index contributed by atoms with van der Waals surface area (Å²) in [5.41, 5.74) is 3.23. The third kappa shape index (κ3) is 3.93. The van der Waals surface area contributed by atoms with Gasteiger partial charge >= 0.3 is 5.97 Å². The number of hydrogen-bond acceptors (Lipinski definition) is 5. The lowest BCUT2D eigenvalue weighted by atomic mass is 10.2. The van der Waals surface area contributed by atoms with Crippen LogP contribution in [-0.2, 0) is 16.1 Å². The average molecular weight is 379 g/mol. The molecule has 7 nitrogen and oxygen atoms in total. The van der Waals surface area contributed by atoms with E-state index in [-0.39, 0.29) is 11.1 Å². The number of fused-ring (bicyclic) bond motifs is 1. The molecule has 0 saturated carbocycles. The molecule has 0 bridgehead atoms. The number of hydrogen-bond donors (Lipinski definition) is 1. The van der Waals surface area contributed by atoms with Crippen LogP contribution >= 0.6 is 0 Å². The van der Waals surface area contributed by atoms with Crippen molar-refractivity contribution in [1.82, 2.24) is 9.55 Å². The fourth-order valence-electron chi connectivity index (χ4n) is 2.93. The van der Waals surface area contributed by atoms with Crippen molar-refractivity contribution in [1.29, 1.82) is 0 Å². The van der Waals surface area contributed by atoms with Crippen LogP contribution in [0.1, 0.15) is 28.5 Å². The number of nitrogens with one attached hydrogen (secondary N) is 1. The molecule has 3 rings (SSSR count). The summed E-state index contributed by atoms with van der Waals surface area (Å²) in [4.78, 5) is 40.8. The van der Waals surface area contributed by atoms with Gasteiger partial charge in [-0.1, -0.05) is 18.2 Å². The van der Waals surface area contributed by atoms with Gasteiger partial charge in [0.2, 0.25) is 0 Å². The quantitative estimate of drug-likeness (QED) is 0.689. The van der Waals surface area contributed by atoms with Gasteiger partial charge in [-0.15, -0.1) is 0 Å². The van der Waals surface area contributed by atoms with E-state index in [1.807, 2.05) is 32.0 Å². The van der Waals surface area contributed by atoms with Gasteiger partial charge in [0.1, 0.15) is 5.69 Å². The normalized spacial score (nSPS) is 10.7. The second kappa shape index (κ2) is 8.04. The molecule has 0 saturated heterocycles. The Morgan fingerprint density at radius 3 is 2.61 bits per heavy atom. The smallest absolute Gasteiger partial charge is 0.338 e. The number of ether oxygens (including phenoxy) is 1. The van der Waals surface area contributed by atoms with Crippen molar-refractivity contribution >= 4 is 28.6 Å². The lowest BCUT2D eigenvalue weighted by Crippen LogP contribution is -2.23. The number of anilines is 1. The first-order chi connectivity index (χ1) is 13.4. The number of aryl methyl sites for hydroxylation is 3. The number of esters is 1. The molecule has 1 N–H and O–H groups in total. The Bertz CT molecular complexity index is 1120. The Morgan fingerprint density at radius 1 is 1.14 bits per heavy atom. The van der Waals surface area contributed by atoms with E-state index in [2.05, 4.69) is 10.3 Å². The molecule has 0 atom stereocenters.